The number of benzene rings is 1. The van der Waals surface area contributed by atoms with Crippen LogP contribution in [-0.2, 0) is 20.5 Å². The fourth-order valence-corrected chi connectivity index (χ4v) is 2.68. The van der Waals surface area contributed by atoms with Gasteiger partial charge in [-0.3, -0.25) is 14.5 Å². The van der Waals surface area contributed by atoms with Crippen LogP contribution in [0.3, 0.4) is 0 Å². The Morgan fingerprint density at radius 1 is 1.28 bits per heavy atom. The smallest absolute Gasteiger partial charge is 0.325 e. The number of carbonyl (C=O) groups excluding carboxylic acids is 3. The van der Waals surface area contributed by atoms with Crippen molar-refractivity contribution in [2.24, 2.45) is 0 Å². The molecule has 1 fully saturated rings. The Balaban J connectivity index is 2.22. The Morgan fingerprint density at radius 3 is 2.40 bits per heavy atom. The number of imide groups is 1. The van der Waals surface area contributed by atoms with Crippen molar-refractivity contribution in [2.45, 2.75) is 38.6 Å². The van der Waals surface area contributed by atoms with Gasteiger partial charge in [0, 0.05) is 0 Å². The zero-order valence-electron chi connectivity index (χ0n) is 14.8. The van der Waals surface area contributed by atoms with Crippen LogP contribution in [-0.4, -0.2) is 35.8 Å². The topological polar surface area (TPSA) is 102 Å². The van der Waals surface area contributed by atoms with Crippen molar-refractivity contribution < 1.29 is 14.4 Å². The van der Waals surface area contributed by atoms with Gasteiger partial charge in [0.25, 0.3) is 5.91 Å². The number of carbonyl (C=O) groups is 3. The van der Waals surface area contributed by atoms with Gasteiger partial charge in [0.05, 0.1) is 6.07 Å². The van der Waals surface area contributed by atoms with Crippen molar-refractivity contribution in [3.63, 3.8) is 0 Å². The maximum absolute atomic E-state index is 12.7. The molecule has 1 heterocycles. The summed E-state index contributed by atoms with van der Waals surface area (Å²) in [6.07, 6.45) is 0. The lowest BCUT2D eigenvalue weighted by molar-refractivity contribution is -0.134. The van der Waals surface area contributed by atoms with Gasteiger partial charge in [0.2, 0.25) is 5.91 Å². The highest BCUT2D eigenvalue weighted by Gasteiger charge is 2.49. The van der Waals surface area contributed by atoms with Crippen LogP contribution < -0.4 is 10.6 Å². The van der Waals surface area contributed by atoms with Crippen molar-refractivity contribution >= 4 is 17.8 Å². The van der Waals surface area contributed by atoms with E-state index < -0.39 is 29.9 Å². The molecule has 4 amide bonds. The second-order valence-corrected chi connectivity index (χ2v) is 7.21. The molecule has 1 saturated heterocycles. The average molecular weight is 342 g/mol. The second-order valence-electron chi connectivity index (χ2n) is 7.21. The number of nitrogens with zero attached hydrogens (tertiary/aromatic N) is 2. The molecular formula is C18H22N4O3. The van der Waals surface area contributed by atoms with E-state index in [1.54, 1.807) is 13.0 Å². The Bertz CT molecular complexity index is 743. The van der Waals surface area contributed by atoms with Crippen molar-refractivity contribution in [1.82, 2.24) is 15.5 Å². The minimum absolute atomic E-state index is 0.0206. The van der Waals surface area contributed by atoms with E-state index in [0.29, 0.717) is 5.56 Å². The van der Waals surface area contributed by atoms with Crippen molar-refractivity contribution in [3.8, 4) is 6.07 Å². The SMILES string of the molecule is CC(C)(C)c1ccc(C2(C)NC(=O)N(CC(=O)NCC#N)C2=O)cc1. The lowest BCUT2D eigenvalue weighted by Gasteiger charge is -2.24. The largest absolute Gasteiger partial charge is 0.341 e. The van der Waals surface area contributed by atoms with Gasteiger partial charge >= 0.3 is 6.03 Å². The zero-order chi connectivity index (χ0) is 18.8. The van der Waals surface area contributed by atoms with Gasteiger partial charge in [0.15, 0.2) is 0 Å². The maximum Gasteiger partial charge on any atom is 0.325 e. The monoisotopic (exact) mass is 342 g/mol. The Kier molecular flexibility index (Phi) is 4.84. The second kappa shape index (κ2) is 6.55. The van der Waals surface area contributed by atoms with Crippen molar-refractivity contribution in [1.29, 1.82) is 5.26 Å². The van der Waals surface area contributed by atoms with Crippen molar-refractivity contribution in [3.05, 3.63) is 35.4 Å². The molecule has 1 aliphatic heterocycles. The minimum atomic E-state index is -1.22. The standard InChI is InChI=1S/C18H22N4O3/c1-17(2,3)12-5-7-13(8-6-12)18(4)15(24)22(16(25)21-18)11-14(23)20-10-9-19/h5-8H,10-11H2,1-4H3,(H,20,23)(H,21,25). The van der Waals surface area contributed by atoms with Crippen LogP contribution in [0.4, 0.5) is 4.79 Å². The molecule has 0 bridgehead atoms. The van der Waals surface area contributed by atoms with Crippen LogP contribution in [0.1, 0.15) is 38.8 Å². The Morgan fingerprint density at radius 2 is 1.88 bits per heavy atom. The quantitative estimate of drug-likeness (QED) is 0.637. The summed E-state index contributed by atoms with van der Waals surface area (Å²) in [7, 11) is 0. The lowest BCUT2D eigenvalue weighted by atomic mass is 9.84. The molecule has 1 aliphatic rings. The zero-order valence-corrected chi connectivity index (χ0v) is 14.8. The molecule has 1 unspecified atom stereocenters. The highest BCUT2D eigenvalue weighted by Crippen LogP contribution is 2.30. The summed E-state index contributed by atoms with van der Waals surface area (Å²) in [5.41, 5.74) is 0.527. The molecule has 0 radical (unpaired) electrons. The fraction of sp³-hybridized carbons (Fsp3) is 0.444. The van der Waals surface area contributed by atoms with Crippen LogP contribution in [0.25, 0.3) is 0 Å². The molecule has 132 valence electrons. The molecule has 1 aromatic rings. The molecule has 0 spiro atoms. The van der Waals surface area contributed by atoms with Crippen LogP contribution in [0.5, 0.6) is 0 Å². The first-order valence-electron chi connectivity index (χ1n) is 7.98. The number of hydrogen-bond acceptors (Lipinski definition) is 4. The molecular weight excluding hydrogens is 320 g/mol. The first-order chi connectivity index (χ1) is 11.6. The number of hydrogen-bond donors (Lipinski definition) is 2. The predicted octanol–water partition coefficient (Wildman–Crippen LogP) is 1.39. The van der Waals surface area contributed by atoms with Crippen LogP contribution in [0.15, 0.2) is 24.3 Å². The molecule has 25 heavy (non-hydrogen) atoms. The van der Waals surface area contributed by atoms with Gasteiger partial charge in [-0.25, -0.2) is 4.79 Å². The van der Waals surface area contributed by atoms with E-state index in [1.807, 2.05) is 24.3 Å². The molecule has 0 saturated carbocycles. The van der Waals surface area contributed by atoms with E-state index in [-0.39, 0.29) is 12.0 Å². The normalized spacial score (nSPS) is 20.2. The van der Waals surface area contributed by atoms with Crippen LogP contribution in [0, 0.1) is 11.3 Å². The molecule has 1 aromatic carbocycles. The summed E-state index contributed by atoms with van der Waals surface area (Å²) in [5.74, 6) is -1.05. The van der Waals surface area contributed by atoms with Gasteiger partial charge in [-0.2, -0.15) is 5.26 Å². The van der Waals surface area contributed by atoms with E-state index in [9.17, 15) is 14.4 Å². The average Bonchev–Trinajstić information content (AvgIpc) is 2.76. The highest BCUT2D eigenvalue weighted by atomic mass is 16.2. The van der Waals surface area contributed by atoms with Gasteiger partial charge in [-0.15, -0.1) is 0 Å². The van der Waals surface area contributed by atoms with E-state index in [0.717, 1.165) is 10.5 Å². The number of rotatable bonds is 4. The Hall–Kier alpha value is -2.88. The van der Waals surface area contributed by atoms with Gasteiger partial charge in [-0.05, 0) is 23.5 Å². The molecule has 0 aliphatic carbocycles. The summed E-state index contributed by atoms with van der Waals surface area (Å²) in [4.78, 5) is 37.5. The number of nitrogens with one attached hydrogen (secondary N) is 2. The van der Waals surface area contributed by atoms with Crippen LogP contribution in [0.2, 0.25) is 0 Å². The first-order valence-corrected chi connectivity index (χ1v) is 7.98. The Labute approximate surface area is 147 Å². The van der Waals surface area contributed by atoms with Gasteiger partial charge < -0.3 is 10.6 Å². The van der Waals surface area contributed by atoms with E-state index in [4.69, 9.17) is 5.26 Å². The number of amides is 4. The molecule has 2 rings (SSSR count). The summed E-state index contributed by atoms with van der Waals surface area (Å²) in [6.45, 7) is 7.30. The van der Waals surface area contributed by atoms with Gasteiger partial charge in [-0.1, -0.05) is 45.0 Å². The third kappa shape index (κ3) is 3.63. The van der Waals surface area contributed by atoms with E-state index >= 15 is 0 Å². The highest BCUT2D eigenvalue weighted by molar-refractivity contribution is 6.09. The third-order valence-corrected chi connectivity index (χ3v) is 4.27. The minimum Gasteiger partial charge on any atom is -0.341 e. The third-order valence-electron chi connectivity index (χ3n) is 4.27. The van der Waals surface area contributed by atoms with E-state index in [1.165, 1.54) is 0 Å². The molecule has 7 heteroatoms. The predicted molar refractivity (Wildman–Crippen MR) is 91.4 cm³/mol. The van der Waals surface area contributed by atoms with Gasteiger partial charge in [0.1, 0.15) is 18.6 Å². The molecule has 1 atom stereocenters. The van der Waals surface area contributed by atoms with Crippen molar-refractivity contribution in [2.75, 3.05) is 13.1 Å². The van der Waals surface area contributed by atoms with E-state index in [2.05, 4.69) is 31.4 Å². The number of nitriles is 1. The summed E-state index contributed by atoms with van der Waals surface area (Å²) >= 11 is 0. The molecule has 0 aromatic heterocycles. The summed E-state index contributed by atoms with van der Waals surface area (Å²) in [5, 5.41) is 13.4. The molecule has 2 N–H and O–H groups in total. The lowest BCUT2D eigenvalue weighted by Crippen LogP contribution is -2.43. The summed E-state index contributed by atoms with van der Waals surface area (Å²) < 4.78 is 0. The fourth-order valence-electron chi connectivity index (χ4n) is 2.68. The number of urea groups is 1. The molecule has 7 nitrogen and oxygen atoms in total. The van der Waals surface area contributed by atoms with Crippen LogP contribution >= 0.6 is 0 Å². The first kappa shape index (κ1) is 18.5. The summed E-state index contributed by atoms with van der Waals surface area (Å²) in [6, 6.07) is 8.64. The maximum atomic E-state index is 12.7.